The number of aryl methyl sites for hydroxylation is 2. The van der Waals surface area contributed by atoms with Crippen molar-refractivity contribution in [3.63, 3.8) is 0 Å². The van der Waals surface area contributed by atoms with E-state index in [0.29, 0.717) is 6.54 Å². The third-order valence-electron chi connectivity index (χ3n) is 2.70. The van der Waals surface area contributed by atoms with Gasteiger partial charge in [0.05, 0.1) is 5.52 Å². The minimum absolute atomic E-state index is 0.0301. The van der Waals surface area contributed by atoms with Gasteiger partial charge in [0.2, 0.25) is 5.88 Å². The molecule has 1 aromatic heterocycles. The summed E-state index contributed by atoms with van der Waals surface area (Å²) in [4.78, 5) is 10.7. The van der Waals surface area contributed by atoms with Gasteiger partial charge < -0.3 is 9.67 Å². The van der Waals surface area contributed by atoms with E-state index in [1.54, 1.807) is 4.57 Å². The number of aromatic hydroxyl groups is 1. The second-order valence-electron chi connectivity index (χ2n) is 3.94. The molecule has 0 atom stereocenters. The second-order valence-corrected chi connectivity index (χ2v) is 3.94. The molecule has 4 nitrogen and oxygen atoms in total. The van der Waals surface area contributed by atoms with Gasteiger partial charge in [0.1, 0.15) is 0 Å². The van der Waals surface area contributed by atoms with Crippen LogP contribution in [0, 0.1) is 11.8 Å². The minimum atomic E-state index is -0.0301. The Morgan fingerprint density at radius 1 is 1.44 bits per heavy atom. The zero-order valence-electron chi connectivity index (χ0n) is 9.40. The molecule has 1 aromatic carbocycles. The molecule has 16 heavy (non-hydrogen) atoms. The Morgan fingerprint density at radius 3 is 2.81 bits per heavy atom. The Morgan fingerprint density at radius 2 is 2.19 bits per heavy atom. The van der Waals surface area contributed by atoms with Crippen LogP contribution >= 0.6 is 0 Å². The first kappa shape index (κ1) is 10.7. The van der Waals surface area contributed by atoms with Crippen molar-refractivity contribution in [1.29, 1.82) is 0 Å². The lowest BCUT2D eigenvalue weighted by Crippen LogP contribution is -1.94. The van der Waals surface area contributed by atoms with E-state index in [0.717, 1.165) is 22.9 Å². The molecule has 2 aromatic rings. The van der Waals surface area contributed by atoms with Gasteiger partial charge in [-0.3, -0.25) is 0 Å². The van der Waals surface area contributed by atoms with Crippen molar-refractivity contribution in [1.82, 2.24) is 4.57 Å². The van der Waals surface area contributed by atoms with E-state index in [4.69, 9.17) is 0 Å². The zero-order chi connectivity index (χ0) is 11.7. The first-order valence-electron chi connectivity index (χ1n) is 5.34. The molecular formula is C12H14N2O2. The number of hydrogen-bond donors (Lipinski definition) is 1. The topological polar surface area (TPSA) is 54.6 Å². The van der Waals surface area contributed by atoms with Crippen molar-refractivity contribution in [2.45, 2.75) is 26.8 Å². The van der Waals surface area contributed by atoms with Crippen molar-refractivity contribution >= 4 is 16.6 Å². The van der Waals surface area contributed by atoms with E-state index in [1.165, 1.54) is 0 Å². The summed E-state index contributed by atoms with van der Waals surface area (Å²) in [6, 6.07) is 5.75. The normalized spacial score (nSPS) is 10.9. The summed E-state index contributed by atoms with van der Waals surface area (Å²) >= 11 is 0. The highest BCUT2D eigenvalue weighted by atomic mass is 16.3. The highest BCUT2D eigenvalue weighted by Gasteiger charge is 2.16. The van der Waals surface area contributed by atoms with Crippen LogP contribution in [-0.2, 0) is 6.54 Å². The maximum atomic E-state index is 10.7. The van der Waals surface area contributed by atoms with Gasteiger partial charge in [0.15, 0.2) is 5.69 Å². The summed E-state index contributed by atoms with van der Waals surface area (Å²) < 4.78 is 1.73. The number of nitroso groups, excluding NO2 is 1. The molecule has 0 amide bonds. The first-order chi connectivity index (χ1) is 7.69. The smallest absolute Gasteiger partial charge is 0.222 e. The number of rotatable bonds is 3. The number of hydrogen-bond acceptors (Lipinski definition) is 3. The van der Waals surface area contributed by atoms with E-state index in [-0.39, 0.29) is 11.6 Å². The van der Waals surface area contributed by atoms with Crippen LogP contribution in [0.2, 0.25) is 0 Å². The van der Waals surface area contributed by atoms with Crippen LogP contribution in [-0.4, -0.2) is 9.67 Å². The largest absolute Gasteiger partial charge is 0.493 e. The standard InChI is InChI=1S/C12H14N2O2/c1-3-6-14-10-5-4-8(2)7-9(10)11(13-16)12(14)15/h4-5,7,15H,3,6H2,1-2H3. The third-order valence-corrected chi connectivity index (χ3v) is 2.70. The summed E-state index contributed by atoms with van der Waals surface area (Å²) in [6.07, 6.45) is 0.892. The molecule has 84 valence electrons. The van der Waals surface area contributed by atoms with Crippen LogP contribution in [0.1, 0.15) is 18.9 Å². The Bertz CT molecular complexity index is 543. The molecule has 0 bridgehead atoms. The van der Waals surface area contributed by atoms with Gasteiger partial charge >= 0.3 is 0 Å². The van der Waals surface area contributed by atoms with Gasteiger partial charge in [-0.1, -0.05) is 18.6 Å². The van der Waals surface area contributed by atoms with Gasteiger partial charge in [0, 0.05) is 11.9 Å². The molecule has 4 heteroatoms. The van der Waals surface area contributed by atoms with E-state index in [1.807, 2.05) is 32.0 Å². The first-order valence-corrected chi connectivity index (χ1v) is 5.34. The molecule has 1 heterocycles. The van der Waals surface area contributed by atoms with Crippen molar-refractivity contribution < 1.29 is 5.11 Å². The van der Waals surface area contributed by atoms with Crippen LogP contribution in [0.5, 0.6) is 5.88 Å². The third kappa shape index (κ3) is 1.46. The lowest BCUT2D eigenvalue weighted by atomic mass is 10.1. The SMILES string of the molecule is CCCn1c(O)c(N=O)c2cc(C)ccc21. The Hall–Kier alpha value is -1.84. The van der Waals surface area contributed by atoms with E-state index in [2.05, 4.69) is 5.18 Å². The quantitative estimate of drug-likeness (QED) is 0.802. The van der Waals surface area contributed by atoms with E-state index >= 15 is 0 Å². The fraction of sp³-hybridized carbons (Fsp3) is 0.333. The van der Waals surface area contributed by atoms with Crippen LogP contribution in [0.15, 0.2) is 23.4 Å². The number of fused-ring (bicyclic) bond motifs is 1. The van der Waals surface area contributed by atoms with Gasteiger partial charge in [-0.2, -0.15) is 0 Å². The molecule has 0 fully saturated rings. The molecule has 0 saturated heterocycles. The van der Waals surface area contributed by atoms with Crippen LogP contribution in [0.4, 0.5) is 5.69 Å². The Kier molecular flexibility index (Phi) is 2.64. The summed E-state index contributed by atoms with van der Waals surface area (Å²) in [6.45, 7) is 4.65. The molecule has 0 radical (unpaired) electrons. The van der Waals surface area contributed by atoms with E-state index < -0.39 is 0 Å². The second kappa shape index (κ2) is 3.96. The molecule has 0 aliphatic heterocycles. The maximum Gasteiger partial charge on any atom is 0.222 e. The average Bonchev–Trinajstić information content (AvgIpc) is 2.52. The molecule has 0 unspecified atom stereocenters. The summed E-state index contributed by atoms with van der Waals surface area (Å²) in [7, 11) is 0. The van der Waals surface area contributed by atoms with Crippen LogP contribution in [0.25, 0.3) is 10.9 Å². The number of aromatic nitrogens is 1. The number of benzene rings is 1. The molecule has 1 N–H and O–H groups in total. The zero-order valence-corrected chi connectivity index (χ0v) is 9.40. The summed E-state index contributed by atoms with van der Waals surface area (Å²) in [5, 5.41) is 13.5. The van der Waals surface area contributed by atoms with Crippen molar-refractivity contribution in [3.05, 3.63) is 28.7 Å². The average molecular weight is 218 g/mol. The van der Waals surface area contributed by atoms with Gasteiger partial charge in [-0.05, 0) is 30.7 Å². The number of nitrogens with zero attached hydrogens (tertiary/aromatic N) is 2. The van der Waals surface area contributed by atoms with Crippen LogP contribution in [0.3, 0.4) is 0 Å². The van der Waals surface area contributed by atoms with Crippen molar-refractivity contribution in [3.8, 4) is 5.88 Å². The highest BCUT2D eigenvalue weighted by molar-refractivity contribution is 5.95. The van der Waals surface area contributed by atoms with Gasteiger partial charge in [0.25, 0.3) is 0 Å². The fourth-order valence-electron chi connectivity index (χ4n) is 1.98. The maximum absolute atomic E-state index is 10.7. The lowest BCUT2D eigenvalue weighted by molar-refractivity contribution is 0.421. The summed E-state index contributed by atoms with van der Waals surface area (Å²) in [5.74, 6) is -0.0301. The molecule has 0 aliphatic rings. The van der Waals surface area contributed by atoms with Crippen LogP contribution < -0.4 is 0 Å². The Balaban J connectivity index is 2.80. The van der Waals surface area contributed by atoms with Gasteiger partial charge in [-0.25, -0.2) is 0 Å². The molecular weight excluding hydrogens is 204 g/mol. The predicted octanol–water partition coefficient (Wildman–Crippen LogP) is 3.46. The summed E-state index contributed by atoms with van der Waals surface area (Å²) in [5.41, 5.74) is 2.05. The molecule has 0 aliphatic carbocycles. The van der Waals surface area contributed by atoms with Crippen molar-refractivity contribution in [2.75, 3.05) is 0 Å². The molecule has 0 spiro atoms. The molecule has 2 rings (SSSR count). The highest BCUT2D eigenvalue weighted by Crippen LogP contribution is 2.38. The van der Waals surface area contributed by atoms with E-state index in [9.17, 15) is 10.0 Å². The Labute approximate surface area is 93.5 Å². The fourth-order valence-corrected chi connectivity index (χ4v) is 1.98. The van der Waals surface area contributed by atoms with Gasteiger partial charge in [-0.15, -0.1) is 4.91 Å². The van der Waals surface area contributed by atoms with Crippen molar-refractivity contribution in [2.24, 2.45) is 5.18 Å². The predicted molar refractivity (Wildman–Crippen MR) is 64.1 cm³/mol. The molecule has 0 saturated carbocycles. The lowest BCUT2D eigenvalue weighted by Gasteiger charge is -2.03. The minimum Gasteiger partial charge on any atom is -0.493 e. The monoisotopic (exact) mass is 218 g/mol.